The van der Waals surface area contributed by atoms with Crippen LogP contribution in [0.5, 0.6) is 5.75 Å². The third-order valence-corrected chi connectivity index (χ3v) is 5.17. The molecule has 112 valence electrons. The van der Waals surface area contributed by atoms with Gasteiger partial charge in [0.2, 0.25) is 5.91 Å². The number of phenols is 1. The first-order chi connectivity index (χ1) is 10.7. The molecular weight excluding hydrogens is 276 g/mol. The summed E-state index contributed by atoms with van der Waals surface area (Å²) in [6.07, 6.45) is 6.15. The summed E-state index contributed by atoms with van der Waals surface area (Å²) < 4.78 is 0. The van der Waals surface area contributed by atoms with Gasteiger partial charge >= 0.3 is 0 Å². The summed E-state index contributed by atoms with van der Waals surface area (Å²) in [5, 5.41) is 16.0. The normalized spacial score (nSPS) is 21.9. The van der Waals surface area contributed by atoms with Gasteiger partial charge in [-0.1, -0.05) is 36.8 Å². The SMILES string of the molecule is O=C(N/N=C\c1c(O)ccc2ccccc12)[C@@H]1CC12CCC2. The summed E-state index contributed by atoms with van der Waals surface area (Å²) in [6.45, 7) is 0. The van der Waals surface area contributed by atoms with Crippen LogP contribution in [0, 0.1) is 11.3 Å². The van der Waals surface area contributed by atoms with Crippen LogP contribution in [0.4, 0.5) is 0 Å². The standard InChI is InChI=1S/C18H18N2O2/c21-16-7-6-12-4-1-2-5-13(12)14(16)11-19-20-17(22)15-10-18(15)8-3-9-18/h1-2,4-7,11,15,21H,3,8-10H2,(H,20,22)/b19-11-/t15-/m0/s1. The lowest BCUT2D eigenvalue weighted by atomic mass is 9.80. The van der Waals surface area contributed by atoms with Gasteiger partial charge < -0.3 is 5.11 Å². The van der Waals surface area contributed by atoms with Gasteiger partial charge in [0.15, 0.2) is 0 Å². The van der Waals surface area contributed by atoms with Crippen molar-refractivity contribution in [1.82, 2.24) is 5.43 Å². The van der Waals surface area contributed by atoms with Crippen molar-refractivity contribution < 1.29 is 9.90 Å². The maximum absolute atomic E-state index is 12.1. The number of carbonyl (C=O) groups is 1. The second-order valence-corrected chi connectivity index (χ2v) is 6.43. The quantitative estimate of drug-likeness (QED) is 0.674. The Bertz CT molecular complexity index is 778. The smallest absolute Gasteiger partial charge is 0.243 e. The highest BCUT2D eigenvalue weighted by molar-refractivity contribution is 6.02. The fourth-order valence-electron chi connectivity index (χ4n) is 3.56. The lowest BCUT2D eigenvalue weighted by Crippen LogP contribution is -2.26. The Morgan fingerprint density at radius 1 is 1.27 bits per heavy atom. The Kier molecular flexibility index (Phi) is 2.93. The second-order valence-electron chi connectivity index (χ2n) is 6.43. The molecule has 1 amide bonds. The molecule has 1 spiro atoms. The summed E-state index contributed by atoms with van der Waals surface area (Å²) in [5.74, 6) is 0.314. The third kappa shape index (κ3) is 2.06. The number of hydrazone groups is 1. The fraction of sp³-hybridized carbons (Fsp3) is 0.333. The first-order valence-corrected chi connectivity index (χ1v) is 7.73. The monoisotopic (exact) mass is 294 g/mol. The van der Waals surface area contributed by atoms with Gasteiger partial charge in [0.05, 0.1) is 6.21 Å². The molecule has 2 aromatic rings. The van der Waals surface area contributed by atoms with E-state index in [2.05, 4.69) is 10.5 Å². The summed E-state index contributed by atoms with van der Waals surface area (Å²) in [7, 11) is 0. The van der Waals surface area contributed by atoms with Gasteiger partial charge in [-0.05, 0) is 41.5 Å². The van der Waals surface area contributed by atoms with Crippen molar-refractivity contribution >= 4 is 22.9 Å². The molecule has 0 aliphatic heterocycles. The number of amides is 1. The largest absolute Gasteiger partial charge is 0.507 e. The van der Waals surface area contributed by atoms with E-state index in [0.29, 0.717) is 11.0 Å². The van der Waals surface area contributed by atoms with Crippen LogP contribution in [-0.4, -0.2) is 17.2 Å². The van der Waals surface area contributed by atoms with E-state index in [1.165, 1.54) is 25.5 Å². The van der Waals surface area contributed by atoms with Gasteiger partial charge in [0.1, 0.15) is 5.75 Å². The van der Waals surface area contributed by atoms with Crippen LogP contribution in [0.2, 0.25) is 0 Å². The average molecular weight is 294 g/mol. The van der Waals surface area contributed by atoms with Crippen LogP contribution in [0.3, 0.4) is 0 Å². The zero-order chi connectivity index (χ0) is 15.2. The summed E-state index contributed by atoms with van der Waals surface area (Å²) in [5.41, 5.74) is 3.57. The van der Waals surface area contributed by atoms with Crippen molar-refractivity contribution in [3.8, 4) is 5.75 Å². The number of carbonyl (C=O) groups excluding carboxylic acids is 1. The number of nitrogens with zero attached hydrogens (tertiary/aromatic N) is 1. The van der Waals surface area contributed by atoms with Gasteiger partial charge in [-0.15, -0.1) is 0 Å². The number of rotatable bonds is 3. The van der Waals surface area contributed by atoms with Crippen molar-refractivity contribution in [2.75, 3.05) is 0 Å². The Hall–Kier alpha value is -2.36. The molecule has 2 saturated carbocycles. The minimum atomic E-state index is 0.00989. The Labute approximate surface area is 128 Å². The molecule has 0 unspecified atom stereocenters. The highest BCUT2D eigenvalue weighted by atomic mass is 16.3. The zero-order valence-electron chi connectivity index (χ0n) is 12.2. The molecule has 4 nitrogen and oxygen atoms in total. The highest BCUT2D eigenvalue weighted by Gasteiger charge is 2.60. The maximum atomic E-state index is 12.1. The molecule has 0 radical (unpaired) electrons. The molecule has 0 saturated heterocycles. The predicted molar refractivity (Wildman–Crippen MR) is 85.7 cm³/mol. The van der Waals surface area contributed by atoms with Crippen LogP contribution >= 0.6 is 0 Å². The topological polar surface area (TPSA) is 61.7 Å². The molecule has 0 heterocycles. The van der Waals surface area contributed by atoms with Gasteiger partial charge in [-0.25, -0.2) is 5.43 Å². The minimum absolute atomic E-state index is 0.00989. The van der Waals surface area contributed by atoms with Crippen LogP contribution in [0.25, 0.3) is 10.8 Å². The first kappa shape index (κ1) is 13.3. The van der Waals surface area contributed by atoms with E-state index in [-0.39, 0.29) is 17.6 Å². The number of benzene rings is 2. The van der Waals surface area contributed by atoms with E-state index in [9.17, 15) is 9.90 Å². The molecule has 2 N–H and O–H groups in total. The van der Waals surface area contributed by atoms with Gasteiger partial charge in [0.25, 0.3) is 0 Å². The molecule has 0 bridgehead atoms. The number of hydrogen-bond acceptors (Lipinski definition) is 3. The number of phenolic OH excluding ortho intramolecular Hbond substituents is 1. The average Bonchev–Trinajstić information content (AvgIpc) is 3.25. The van der Waals surface area contributed by atoms with E-state index in [1.807, 2.05) is 30.3 Å². The van der Waals surface area contributed by atoms with E-state index < -0.39 is 0 Å². The lowest BCUT2D eigenvalue weighted by molar-refractivity contribution is -0.123. The van der Waals surface area contributed by atoms with Gasteiger partial charge in [0, 0.05) is 11.5 Å². The molecule has 1 atom stereocenters. The zero-order valence-corrected chi connectivity index (χ0v) is 12.2. The molecule has 4 heteroatoms. The van der Waals surface area contributed by atoms with E-state index >= 15 is 0 Å². The lowest BCUT2D eigenvalue weighted by Gasteiger charge is -2.25. The van der Waals surface area contributed by atoms with Crippen LogP contribution < -0.4 is 5.43 Å². The van der Waals surface area contributed by atoms with Gasteiger partial charge in [-0.2, -0.15) is 5.10 Å². The second kappa shape index (κ2) is 4.83. The molecule has 0 aromatic heterocycles. The molecular formula is C18H18N2O2. The van der Waals surface area contributed by atoms with Crippen molar-refractivity contribution in [2.45, 2.75) is 25.7 Å². The van der Waals surface area contributed by atoms with E-state index in [4.69, 9.17) is 0 Å². The fourth-order valence-corrected chi connectivity index (χ4v) is 3.56. The van der Waals surface area contributed by atoms with Gasteiger partial charge in [-0.3, -0.25) is 4.79 Å². The van der Waals surface area contributed by atoms with Crippen molar-refractivity contribution in [3.05, 3.63) is 42.0 Å². The maximum Gasteiger partial charge on any atom is 0.243 e. The first-order valence-electron chi connectivity index (χ1n) is 7.73. The van der Waals surface area contributed by atoms with Crippen molar-refractivity contribution in [2.24, 2.45) is 16.4 Å². The van der Waals surface area contributed by atoms with Crippen LogP contribution in [-0.2, 0) is 4.79 Å². The number of fused-ring (bicyclic) bond motifs is 1. The Morgan fingerprint density at radius 2 is 2.09 bits per heavy atom. The van der Waals surface area contributed by atoms with E-state index in [1.54, 1.807) is 6.07 Å². The predicted octanol–water partition coefficient (Wildman–Crippen LogP) is 3.19. The summed E-state index contributed by atoms with van der Waals surface area (Å²) >= 11 is 0. The molecule has 2 aromatic carbocycles. The molecule has 2 aliphatic carbocycles. The van der Waals surface area contributed by atoms with E-state index in [0.717, 1.165) is 17.2 Å². The molecule has 22 heavy (non-hydrogen) atoms. The molecule has 2 aliphatic rings. The number of nitrogens with one attached hydrogen (secondary N) is 1. The van der Waals surface area contributed by atoms with Crippen molar-refractivity contribution in [1.29, 1.82) is 0 Å². The summed E-state index contributed by atoms with van der Waals surface area (Å²) in [4.78, 5) is 12.1. The van der Waals surface area contributed by atoms with Crippen molar-refractivity contribution in [3.63, 3.8) is 0 Å². The van der Waals surface area contributed by atoms with Crippen LogP contribution in [0.15, 0.2) is 41.5 Å². The Morgan fingerprint density at radius 3 is 2.82 bits per heavy atom. The molecule has 4 rings (SSSR count). The number of aromatic hydroxyl groups is 1. The highest BCUT2D eigenvalue weighted by Crippen LogP contribution is 2.65. The minimum Gasteiger partial charge on any atom is -0.507 e. The Balaban J connectivity index is 1.51. The molecule has 2 fully saturated rings. The summed E-state index contributed by atoms with van der Waals surface area (Å²) in [6, 6.07) is 11.3. The van der Waals surface area contributed by atoms with Crippen LogP contribution in [0.1, 0.15) is 31.2 Å². The number of hydrogen-bond donors (Lipinski definition) is 2. The third-order valence-electron chi connectivity index (χ3n) is 5.17.